The third-order valence-electron chi connectivity index (χ3n) is 1.56. The molecule has 0 bridgehead atoms. The van der Waals surface area contributed by atoms with E-state index >= 15 is 0 Å². The maximum Gasteiger partial charge on any atom is 0.574 e. The molecule has 0 saturated heterocycles. The number of alkyl halides is 3. The van der Waals surface area contributed by atoms with Crippen LogP contribution in [0.4, 0.5) is 17.6 Å². The number of carbonyl (C=O) groups is 1. The smallest absolute Gasteiger partial charge is 0.385 e. The summed E-state index contributed by atoms with van der Waals surface area (Å²) in [6.45, 7) is -0.241. The largest absolute Gasteiger partial charge is 0.574 e. The Labute approximate surface area is 87.0 Å². The lowest BCUT2D eigenvalue weighted by atomic mass is 10.2. The standard InChI is InChI=1S/C8H6F4N2O2/c9-6-4(3-15)1-5(2-13)14-7(6)16-8(10,11)12/h1,3H,2,13H2. The molecule has 2 N–H and O–H groups in total. The van der Waals surface area contributed by atoms with Gasteiger partial charge < -0.3 is 10.5 Å². The zero-order chi connectivity index (χ0) is 12.3. The quantitative estimate of drug-likeness (QED) is 0.638. The van der Waals surface area contributed by atoms with Crippen LogP contribution in [0.2, 0.25) is 0 Å². The third-order valence-corrected chi connectivity index (χ3v) is 1.56. The highest BCUT2D eigenvalue weighted by atomic mass is 19.4. The molecule has 1 aromatic rings. The highest BCUT2D eigenvalue weighted by Crippen LogP contribution is 2.25. The van der Waals surface area contributed by atoms with E-state index in [9.17, 15) is 22.4 Å². The molecule has 0 amide bonds. The summed E-state index contributed by atoms with van der Waals surface area (Å²) in [6, 6.07) is 0.950. The van der Waals surface area contributed by atoms with Crippen LogP contribution >= 0.6 is 0 Å². The Balaban J connectivity index is 3.21. The first kappa shape index (κ1) is 12.4. The highest BCUT2D eigenvalue weighted by Gasteiger charge is 2.34. The van der Waals surface area contributed by atoms with Crippen molar-refractivity contribution in [3.05, 3.63) is 23.1 Å². The van der Waals surface area contributed by atoms with Crippen molar-refractivity contribution in [3.63, 3.8) is 0 Å². The molecule has 4 nitrogen and oxygen atoms in total. The van der Waals surface area contributed by atoms with Gasteiger partial charge in [-0.15, -0.1) is 13.2 Å². The van der Waals surface area contributed by atoms with Crippen molar-refractivity contribution < 1.29 is 27.1 Å². The monoisotopic (exact) mass is 238 g/mol. The minimum absolute atomic E-state index is 0.0550. The Bertz CT molecular complexity index is 406. The lowest BCUT2D eigenvalue weighted by molar-refractivity contribution is -0.277. The third kappa shape index (κ3) is 2.89. The summed E-state index contributed by atoms with van der Waals surface area (Å²) < 4.78 is 52.0. The normalized spacial score (nSPS) is 11.3. The van der Waals surface area contributed by atoms with Crippen LogP contribution in [0.5, 0.6) is 5.88 Å². The number of hydrogen-bond acceptors (Lipinski definition) is 4. The average molecular weight is 238 g/mol. The highest BCUT2D eigenvalue weighted by molar-refractivity contribution is 5.76. The van der Waals surface area contributed by atoms with Crippen LogP contribution in [0.3, 0.4) is 0 Å². The zero-order valence-electron chi connectivity index (χ0n) is 7.71. The number of nitrogens with two attached hydrogens (primary N) is 1. The maximum atomic E-state index is 13.2. The van der Waals surface area contributed by atoms with Crippen molar-refractivity contribution in [3.8, 4) is 5.88 Å². The Morgan fingerprint density at radius 1 is 1.50 bits per heavy atom. The van der Waals surface area contributed by atoms with E-state index in [4.69, 9.17) is 5.73 Å². The summed E-state index contributed by atoms with van der Waals surface area (Å²) in [5, 5.41) is 0. The fraction of sp³-hybridized carbons (Fsp3) is 0.250. The van der Waals surface area contributed by atoms with Crippen molar-refractivity contribution in [2.75, 3.05) is 0 Å². The number of nitrogens with zero attached hydrogens (tertiary/aromatic N) is 1. The first-order chi connectivity index (χ1) is 7.37. The number of pyridine rings is 1. The molecule has 0 saturated carbocycles. The molecule has 0 aliphatic carbocycles. The van der Waals surface area contributed by atoms with Crippen LogP contribution in [-0.2, 0) is 6.54 Å². The van der Waals surface area contributed by atoms with Gasteiger partial charge in [0, 0.05) is 6.54 Å². The molecule has 8 heteroatoms. The van der Waals surface area contributed by atoms with E-state index in [2.05, 4.69) is 9.72 Å². The van der Waals surface area contributed by atoms with E-state index in [0.717, 1.165) is 6.07 Å². The van der Waals surface area contributed by atoms with Gasteiger partial charge in [0.25, 0.3) is 5.88 Å². The van der Waals surface area contributed by atoms with E-state index in [1.165, 1.54) is 0 Å². The Hall–Kier alpha value is -1.70. The van der Waals surface area contributed by atoms with Crippen LogP contribution in [0.25, 0.3) is 0 Å². The summed E-state index contributed by atoms with van der Waals surface area (Å²) >= 11 is 0. The summed E-state index contributed by atoms with van der Waals surface area (Å²) in [7, 11) is 0. The maximum absolute atomic E-state index is 13.2. The van der Waals surface area contributed by atoms with Crippen molar-refractivity contribution in [2.45, 2.75) is 12.9 Å². The Morgan fingerprint density at radius 3 is 2.56 bits per heavy atom. The molecule has 1 aromatic heterocycles. The molecule has 0 aliphatic rings. The molecular formula is C8H6F4N2O2. The second-order valence-corrected chi connectivity index (χ2v) is 2.69. The average Bonchev–Trinajstić information content (AvgIpc) is 2.19. The van der Waals surface area contributed by atoms with E-state index in [1.807, 2.05) is 0 Å². The topological polar surface area (TPSA) is 65.2 Å². The number of aromatic nitrogens is 1. The van der Waals surface area contributed by atoms with Crippen molar-refractivity contribution in [1.82, 2.24) is 4.98 Å². The van der Waals surface area contributed by atoms with Gasteiger partial charge in [0.15, 0.2) is 12.1 Å². The predicted octanol–water partition coefficient (Wildman–Crippen LogP) is 1.39. The van der Waals surface area contributed by atoms with Gasteiger partial charge in [0.05, 0.1) is 11.3 Å². The predicted molar refractivity (Wildman–Crippen MR) is 44.2 cm³/mol. The summed E-state index contributed by atoms with van der Waals surface area (Å²) in [5.41, 5.74) is 4.45. The fourth-order valence-corrected chi connectivity index (χ4v) is 0.946. The zero-order valence-corrected chi connectivity index (χ0v) is 7.71. The number of carbonyl (C=O) groups excluding carboxylic acids is 1. The fourth-order valence-electron chi connectivity index (χ4n) is 0.946. The molecule has 0 fully saturated rings. The Morgan fingerprint density at radius 2 is 2.12 bits per heavy atom. The molecular weight excluding hydrogens is 232 g/mol. The SMILES string of the molecule is NCc1cc(C=O)c(F)c(OC(F)(F)F)n1. The first-order valence-corrected chi connectivity index (χ1v) is 3.97. The van der Waals surface area contributed by atoms with E-state index in [-0.39, 0.29) is 18.5 Å². The van der Waals surface area contributed by atoms with Crippen LogP contribution < -0.4 is 10.5 Å². The van der Waals surface area contributed by atoms with Crippen LogP contribution in [0.1, 0.15) is 16.1 Å². The lowest BCUT2D eigenvalue weighted by Gasteiger charge is -2.10. The number of hydrogen-bond donors (Lipinski definition) is 1. The van der Waals surface area contributed by atoms with Gasteiger partial charge in [-0.3, -0.25) is 4.79 Å². The Kier molecular flexibility index (Phi) is 3.43. The van der Waals surface area contributed by atoms with Gasteiger partial charge in [-0.1, -0.05) is 0 Å². The van der Waals surface area contributed by atoms with E-state index < -0.39 is 23.6 Å². The number of ether oxygens (including phenoxy) is 1. The molecule has 88 valence electrons. The minimum atomic E-state index is -5.08. The lowest BCUT2D eigenvalue weighted by Crippen LogP contribution is -2.20. The van der Waals surface area contributed by atoms with Gasteiger partial charge in [-0.2, -0.15) is 0 Å². The number of rotatable bonds is 3. The molecule has 0 atom stereocenters. The second kappa shape index (κ2) is 4.44. The number of aldehydes is 1. The van der Waals surface area contributed by atoms with Crippen LogP contribution in [0.15, 0.2) is 6.07 Å². The van der Waals surface area contributed by atoms with Gasteiger partial charge >= 0.3 is 6.36 Å². The molecule has 1 rings (SSSR count). The molecule has 0 aromatic carbocycles. The van der Waals surface area contributed by atoms with Gasteiger partial charge in [-0.25, -0.2) is 9.37 Å². The van der Waals surface area contributed by atoms with Crippen LogP contribution in [0, 0.1) is 5.82 Å². The summed E-state index contributed by atoms with van der Waals surface area (Å²) in [4.78, 5) is 13.6. The van der Waals surface area contributed by atoms with Gasteiger partial charge in [0.1, 0.15) is 0 Å². The first-order valence-electron chi connectivity index (χ1n) is 3.97. The van der Waals surface area contributed by atoms with Gasteiger partial charge in [-0.05, 0) is 6.07 Å². The van der Waals surface area contributed by atoms with E-state index in [0.29, 0.717) is 0 Å². The van der Waals surface area contributed by atoms with E-state index in [1.54, 1.807) is 0 Å². The summed E-state index contributed by atoms with van der Waals surface area (Å²) in [5.74, 6) is -2.78. The molecule has 0 unspecified atom stereocenters. The minimum Gasteiger partial charge on any atom is -0.385 e. The van der Waals surface area contributed by atoms with Crippen molar-refractivity contribution >= 4 is 6.29 Å². The van der Waals surface area contributed by atoms with Crippen molar-refractivity contribution in [2.24, 2.45) is 5.73 Å². The second-order valence-electron chi connectivity index (χ2n) is 2.69. The molecule has 1 heterocycles. The van der Waals surface area contributed by atoms with Crippen molar-refractivity contribution in [1.29, 1.82) is 0 Å². The molecule has 0 radical (unpaired) electrons. The molecule has 0 aliphatic heterocycles. The molecule has 0 spiro atoms. The van der Waals surface area contributed by atoms with Crippen LogP contribution in [-0.4, -0.2) is 17.6 Å². The van der Waals surface area contributed by atoms with Gasteiger partial charge in [0.2, 0.25) is 0 Å². The molecule has 16 heavy (non-hydrogen) atoms. The number of halogens is 4. The summed E-state index contributed by atoms with van der Waals surface area (Å²) in [6.07, 6.45) is -5.03.